The normalized spacial score (nSPS) is 12.2. The number of sulfonamides is 2. The molecule has 0 atom stereocenters. The third-order valence-electron chi connectivity index (χ3n) is 3.71. The highest BCUT2D eigenvalue weighted by Crippen LogP contribution is 2.29. The van der Waals surface area contributed by atoms with Gasteiger partial charge in [-0.2, -0.15) is 0 Å². The Hall–Kier alpha value is -2.10. The molecule has 0 fully saturated rings. The molecular weight excluding hydrogens is 374 g/mol. The van der Waals surface area contributed by atoms with E-state index in [1.807, 2.05) is 13.8 Å². The van der Waals surface area contributed by atoms with Crippen molar-refractivity contribution in [2.75, 3.05) is 30.7 Å². The molecule has 0 aliphatic carbocycles. The zero-order chi connectivity index (χ0) is 19.5. The van der Waals surface area contributed by atoms with Gasteiger partial charge in [-0.3, -0.25) is 4.72 Å². The van der Waals surface area contributed by atoms with E-state index in [0.717, 1.165) is 9.87 Å². The lowest BCUT2D eigenvalue weighted by molar-refractivity contribution is 0.521. The lowest BCUT2D eigenvalue weighted by Crippen LogP contribution is -2.22. The van der Waals surface area contributed by atoms with Crippen LogP contribution in [0.25, 0.3) is 0 Å². The van der Waals surface area contributed by atoms with Crippen LogP contribution in [-0.4, -0.2) is 41.8 Å². The third kappa shape index (κ3) is 4.35. The summed E-state index contributed by atoms with van der Waals surface area (Å²) in [5.74, 6) is 0. The molecule has 7 nitrogen and oxygen atoms in total. The molecule has 0 aromatic heterocycles. The van der Waals surface area contributed by atoms with Crippen molar-refractivity contribution in [1.82, 2.24) is 4.31 Å². The number of rotatable bonds is 7. The van der Waals surface area contributed by atoms with Crippen LogP contribution in [0.5, 0.6) is 0 Å². The minimum absolute atomic E-state index is 0.00533. The average Bonchev–Trinajstić information content (AvgIpc) is 2.56. The second kappa shape index (κ2) is 7.65. The van der Waals surface area contributed by atoms with Crippen molar-refractivity contribution in [3.8, 4) is 0 Å². The summed E-state index contributed by atoms with van der Waals surface area (Å²) < 4.78 is 53.6. The van der Waals surface area contributed by atoms with E-state index < -0.39 is 20.0 Å². The largest absolute Gasteiger partial charge is 0.384 e. The molecule has 0 bridgehead atoms. The number of hydrogen-bond acceptors (Lipinski definition) is 5. The number of hydrogen-bond donors (Lipinski definition) is 2. The van der Waals surface area contributed by atoms with E-state index in [4.69, 9.17) is 0 Å². The van der Waals surface area contributed by atoms with Crippen LogP contribution >= 0.6 is 0 Å². The summed E-state index contributed by atoms with van der Waals surface area (Å²) in [4.78, 5) is 0.108. The molecule has 9 heteroatoms. The number of nitrogens with one attached hydrogen (secondary N) is 2. The van der Waals surface area contributed by atoms with Crippen LogP contribution in [0, 0.1) is 6.92 Å². The van der Waals surface area contributed by atoms with Crippen LogP contribution < -0.4 is 10.0 Å². The van der Waals surface area contributed by atoms with Gasteiger partial charge in [0.1, 0.15) is 0 Å². The van der Waals surface area contributed by atoms with E-state index in [9.17, 15) is 16.8 Å². The lowest BCUT2D eigenvalue weighted by Gasteiger charge is -2.17. The summed E-state index contributed by atoms with van der Waals surface area (Å²) >= 11 is 0. The van der Waals surface area contributed by atoms with Crippen LogP contribution in [0.3, 0.4) is 0 Å². The molecule has 0 heterocycles. The van der Waals surface area contributed by atoms with Gasteiger partial charge < -0.3 is 5.32 Å². The quantitative estimate of drug-likeness (QED) is 0.748. The number of nitrogens with zero attached hydrogens (tertiary/aromatic N) is 1. The fourth-order valence-corrected chi connectivity index (χ4v) is 4.24. The molecule has 0 saturated heterocycles. The molecule has 0 saturated carbocycles. The predicted molar refractivity (Wildman–Crippen MR) is 103 cm³/mol. The molecule has 0 radical (unpaired) electrons. The predicted octanol–water partition coefficient (Wildman–Crippen LogP) is 2.48. The first-order valence-corrected chi connectivity index (χ1v) is 10.9. The molecule has 26 heavy (non-hydrogen) atoms. The topological polar surface area (TPSA) is 95.6 Å². The first kappa shape index (κ1) is 20.2. The van der Waals surface area contributed by atoms with Crippen LogP contribution in [-0.2, 0) is 20.0 Å². The van der Waals surface area contributed by atoms with E-state index >= 15 is 0 Å². The summed E-state index contributed by atoms with van der Waals surface area (Å²) in [7, 11) is -4.70. The molecule has 2 aromatic carbocycles. The van der Waals surface area contributed by atoms with Gasteiger partial charge in [-0.15, -0.1) is 0 Å². The third-order valence-corrected chi connectivity index (χ3v) is 6.90. The highest BCUT2D eigenvalue weighted by atomic mass is 32.2. The Morgan fingerprint density at radius 3 is 2.00 bits per heavy atom. The summed E-state index contributed by atoms with van der Waals surface area (Å²) in [6.45, 7) is 4.28. The zero-order valence-corrected chi connectivity index (χ0v) is 16.8. The smallest absolute Gasteiger partial charge is 0.261 e. The standard InChI is InChI=1S/C17H23N3O4S2/c1-5-18-16-11-10-15(26(23,24)20(3)4)12-17(16)19-25(21,22)14-8-6-13(2)7-9-14/h6-12,18-19H,5H2,1-4H3. The zero-order valence-electron chi connectivity index (χ0n) is 15.1. The Kier molecular flexibility index (Phi) is 5.94. The van der Waals surface area contributed by atoms with Crippen molar-refractivity contribution in [1.29, 1.82) is 0 Å². The van der Waals surface area contributed by atoms with Crippen molar-refractivity contribution in [3.63, 3.8) is 0 Å². The number of anilines is 2. The monoisotopic (exact) mass is 397 g/mol. The SMILES string of the molecule is CCNc1ccc(S(=O)(=O)N(C)C)cc1NS(=O)(=O)c1ccc(C)cc1. The van der Waals surface area contributed by atoms with E-state index in [1.54, 1.807) is 18.2 Å². The lowest BCUT2D eigenvalue weighted by atomic mass is 10.2. The fourth-order valence-electron chi connectivity index (χ4n) is 2.24. The summed E-state index contributed by atoms with van der Waals surface area (Å²) in [5.41, 5.74) is 1.62. The van der Waals surface area contributed by atoms with E-state index in [0.29, 0.717) is 12.2 Å². The summed E-state index contributed by atoms with van der Waals surface area (Å²) in [6.07, 6.45) is 0. The van der Waals surface area contributed by atoms with Gasteiger partial charge in [0.15, 0.2) is 0 Å². The minimum Gasteiger partial charge on any atom is -0.384 e. The van der Waals surface area contributed by atoms with Gasteiger partial charge in [-0.25, -0.2) is 21.1 Å². The van der Waals surface area contributed by atoms with Gasteiger partial charge in [-0.05, 0) is 44.2 Å². The molecule has 0 unspecified atom stereocenters. The summed E-state index contributed by atoms with van der Waals surface area (Å²) in [5, 5.41) is 3.03. The first-order chi connectivity index (χ1) is 12.1. The Morgan fingerprint density at radius 1 is 0.885 bits per heavy atom. The maximum absolute atomic E-state index is 12.7. The van der Waals surface area contributed by atoms with Gasteiger partial charge in [0, 0.05) is 20.6 Å². The van der Waals surface area contributed by atoms with Crippen molar-refractivity contribution < 1.29 is 16.8 Å². The molecule has 0 spiro atoms. The Labute approximate surface area is 155 Å². The van der Waals surface area contributed by atoms with Gasteiger partial charge in [0.2, 0.25) is 10.0 Å². The van der Waals surface area contributed by atoms with Gasteiger partial charge in [0.25, 0.3) is 10.0 Å². The molecule has 2 N–H and O–H groups in total. The van der Waals surface area contributed by atoms with Crippen molar-refractivity contribution >= 4 is 31.4 Å². The second-order valence-electron chi connectivity index (χ2n) is 5.94. The molecule has 0 aliphatic rings. The van der Waals surface area contributed by atoms with E-state index in [2.05, 4.69) is 10.0 Å². The molecular formula is C17H23N3O4S2. The highest BCUT2D eigenvalue weighted by molar-refractivity contribution is 7.92. The molecule has 142 valence electrons. The number of benzene rings is 2. The van der Waals surface area contributed by atoms with Crippen molar-refractivity contribution in [2.45, 2.75) is 23.6 Å². The fraction of sp³-hybridized carbons (Fsp3) is 0.294. The summed E-state index contributed by atoms with van der Waals surface area (Å²) in [6, 6.07) is 10.7. The maximum Gasteiger partial charge on any atom is 0.261 e. The maximum atomic E-state index is 12.7. The molecule has 0 amide bonds. The van der Waals surface area contributed by atoms with Crippen LogP contribution in [0.15, 0.2) is 52.3 Å². The van der Waals surface area contributed by atoms with E-state index in [-0.39, 0.29) is 15.5 Å². The minimum atomic E-state index is -3.85. The Balaban J connectivity index is 2.50. The van der Waals surface area contributed by atoms with Crippen LogP contribution in [0.4, 0.5) is 11.4 Å². The Bertz CT molecular complexity index is 983. The first-order valence-electron chi connectivity index (χ1n) is 7.98. The number of aryl methyl sites for hydroxylation is 1. The molecule has 2 rings (SSSR count). The van der Waals surface area contributed by atoms with Crippen molar-refractivity contribution in [2.24, 2.45) is 0 Å². The van der Waals surface area contributed by atoms with Crippen LogP contribution in [0.1, 0.15) is 12.5 Å². The molecule has 2 aromatic rings. The van der Waals surface area contributed by atoms with E-state index in [1.165, 1.54) is 38.4 Å². The molecule has 0 aliphatic heterocycles. The van der Waals surface area contributed by atoms with Crippen molar-refractivity contribution in [3.05, 3.63) is 48.0 Å². The second-order valence-corrected chi connectivity index (χ2v) is 9.78. The average molecular weight is 398 g/mol. The Morgan fingerprint density at radius 2 is 1.46 bits per heavy atom. The van der Waals surface area contributed by atoms with Gasteiger partial charge in [-0.1, -0.05) is 17.7 Å². The highest BCUT2D eigenvalue weighted by Gasteiger charge is 2.21. The van der Waals surface area contributed by atoms with Gasteiger partial charge >= 0.3 is 0 Å². The van der Waals surface area contributed by atoms with Crippen LogP contribution in [0.2, 0.25) is 0 Å². The van der Waals surface area contributed by atoms with Gasteiger partial charge in [0.05, 0.1) is 21.2 Å².